The van der Waals surface area contributed by atoms with Crippen molar-refractivity contribution in [3.8, 4) is 0 Å². The summed E-state index contributed by atoms with van der Waals surface area (Å²) in [6, 6.07) is 3.51. The molecule has 0 spiro atoms. The van der Waals surface area contributed by atoms with E-state index in [1.807, 2.05) is 0 Å². The van der Waals surface area contributed by atoms with E-state index in [0.29, 0.717) is 18.8 Å². The summed E-state index contributed by atoms with van der Waals surface area (Å²) in [6.07, 6.45) is 7.25. The number of non-ortho nitro benzene ring substituents is 1. The molecular weight excluding hydrogens is 334 g/mol. The highest BCUT2D eigenvalue weighted by Crippen LogP contribution is 2.23. The molecule has 1 fully saturated rings. The van der Waals surface area contributed by atoms with Gasteiger partial charge in [0, 0.05) is 24.4 Å². The zero-order valence-corrected chi connectivity index (χ0v) is 14.3. The number of sulfonamides is 1. The number of nitrogens with zero attached hydrogens (tertiary/aromatic N) is 1. The van der Waals surface area contributed by atoms with Crippen molar-refractivity contribution in [1.82, 2.24) is 0 Å². The zero-order chi connectivity index (χ0) is 17.6. The van der Waals surface area contributed by atoms with E-state index in [-0.39, 0.29) is 16.7 Å². The molecule has 0 unspecified atom stereocenters. The maximum Gasteiger partial charge on any atom is 0.272 e. The summed E-state index contributed by atoms with van der Waals surface area (Å²) in [5.74, 6) is 0. The topological polar surface area (TPSA) is 125 Å². The van der Waals surface area contributed by atoms with Crippen molar-refractivity contribution in [2.24, 2.45) is 5.14 Å². The molecule has 0 amide bonds. The normalized spacial score (nSPS) is 16.5. The molecule has 0 aromatic heterocycles. The fourth-order valence-electron chi connectivity index (χ4n) is 2.78. The van der Waals surface area contributed by atoms with Crippen LogP contribution in [0.4, 0.5) is 11.4 Å². The molecule has 9 heteroatoms. The number of nitro groups is 1. The van der Waals surface area contributed by atoms with Crippen LogP contribution in [-0.4, -0.2) is 32.6 Å². The summed E-state index contributed by atoms with van der Waals surface area (Å²) in [4.78, 5) is 9.98. The molecular formula is C15H23N3O5S. The number of anilines is 1. The van der Waals surface area contributed by atoms with Crippen molar-refractivity contribution >= 4 is 21.4 Å². The second-order valence-corrected chi connectivity index (χ2v) is 7.49. The van der Waals surface area contributed by atoms with E-state index in [0.717, 1.165) is 18.9 Å². The Bertz CT molecular complexity index is 670. The number of rotatable bonds is 7. The summed E-state index contributed by atoms with van der Waals surface area (Å²) in [7, 11) is -4.01. The Morgan fingerprint density at radius 3 is 2.46 bits per heavy atom. The molecule has 134 valence electrons. The van der Waals surface area contributed by atoms with E-state index in [4.69, 9.17) is 9.88 Å². The Morgan fingerprint density at radius 2 is 1.88 bits per heavy atom. The summed E-state index contributed by atoms with van der Waals surface area (Å²) in [5, 5.41) is 18.9. The molecule has 1 aromatic rings. The van der Waals surface area contributed by atoms with Gasteiger partial charge in [-0.2, -0.15) is 0 Å². The highest BCUT2D eigenvalue weighted by molar-refractivity contribution is 7.89. The number of nitrogens with one attached hydrogen (secondary N) is 1. The molecule has 1 aliphatic carbocycles. The third-order valence-corrected chi connectivity index (χ3v) is 4.91. The van der Waals surface area contributed by atoms with E-state index < -0.39 is 14.9 Å². The Kier molecular flexibility index (Phi) is 6.52. The van der Waals surface area contributed by atoms with Crippen LogP contribution in [0, 0.1) is 10.1 Å². The SMILES string of the molecule is NS(=O)(=O)c1cc(NCCOC2CCCCCC2)cc([N+](=O)[O-])c1. The molecule has 0 radical (unpaired) electrons. The van der Waals surface area contributed by atoms with Crippen LogP contribution in [0.1, 0.15) is 38.5 Å². The molecule has 1 saturated carbocycles. The molecule has 0 heterocycles. The maximum atomic E-state index is 11.4. The third-order valence-electron chi connectivity index (χ3n) is 4.02. The Labute approximate surface area is 141 Å². The maximum absolute atomic E-state index is 11.4. The average molecular weight is 357 g/mol. The standard InChI is InChI=1S/C15H23N3O5S/c16-24(21,22)15-10-12(9-13(11-15)18(19)20)17-7-8-23-14-5-3-1-2-4-6-14/h9-11,14,17H,1-8H2,(H2,16,21,22). The lowest BCUT2D eigenvalue weighted by atomic mass is 10.1. The van der Waals surface area contributed by atoms with Gasteiger partial charge in [0.25, 0.3) is 5.69 Å². The van der Waals surface area contributed by atoms with Crippen LogP contribution in [-0.2, 0) is 14.8 Å². The van der Waals surface area contributed by atoms with Crippen molar-refractivity contribution < 1.29 is 18.1 Å². The minimum absolute atomic E-state index is 0.263. The number of nitro benzene ring substituents is 1. The van der Waals surface area contributed by atoms with Crippen LogP contribution in [0.2, 0.25) is 0 Å². The van der Waals surface area contributed by atoms with Crippen molar-refractivity contribution in [2.45, 2.75) is 49.5 Å². The quantitative estimate of drug-likeness (QED) is 0.334. The van der Waals surface area contributed by atoms with E-state index in [2.05, 4.69) is 5.32 Å². The van der Waals surface area contributed by atoms with Crippen LogP contribution < -0.4 is 10.5 Å². The first-order chi connectivity index (χ1) is 11.4. The minimum Gasteiger partial charge on any atom is -0.382 e. The molecule has 0 atom stereocenters. The lowest BCUT2D eigenvalue weighted by Crippen LogP contribution is -2.18. The first kappa shape index (κ1) is 18.6. The number of nitrogens with two attached hydrogens (primary N) is 1. The summed E-state index contributed by atoms with van der Waals surface area (Å²) < 4.78 is 28.7. The molecule has 8 nitrogen and oxygen atoms in total. The van der Waals surface area contributed by atoms with Gasteiger partial charge >= 0.3 is 0 Å². The van der Waals surface area contributed by atoms with Gasteiger partial charge in [0.2, 0.25) is 10.0 Å². The molecule has 2 rings (SSSR count). The van der Waals surface area contributed by atoms with Crippen LogP contribution in [0.3, 0.4) is 0 Å². The largest absolute Gasteiger partial charge is 0.382 e. The number of hydrogen-bond acceptors (Lipinski definition) is 6. The van der Waals surface area contributed by atoms with Crippen LogP contribution in [0.15, 0.2) is 23.1 Å². The lowest BCUT2D eigenvalue weighted by molar-refractivity contribution is -0.385. The first-order valence-corrected chi connectivity index (χ1v) is 9.58. The summed E-state index contributed by atoms with van der Waals surface area (Å²) >= 11 is 0. The smallest absolute Gasteiger partial charge is 0.272 e. The Balaban J connectivity index is 1.93. The van der Waals surface area contributed by atoms with Gasteiger partial charge in [0.05, 0.1) is 22.5 Å². The highest BCUT2D eigenvalue weighted by Gasteiger charge is 2.16. The molecule has 0 saturated heterocycles. The predicted molar refractivity (Wildman–Crippen MR) is 90.4 cm³/mol. The van der Waals surface area contributed by atoms with Crippen LogP contribution >= 0.6 is 0 Å². The van der Waals surface area contributed by atoms with Gasteiger partial charge in [-0.05, 0) is 18.9 Å². The zero-order valence-electron chi connectivity index (χ0n) is 13.4. The van der Waals surface area contributed by atoms with Gasteiger partial charge in [0.15, 0.2) is 0 Å². The third kappa shape index (κ3) is 5.73. The molecule has 0 bridgehead atoms. The van der Waals surface area contributed by atoms with Crippen molar-refractivity contribution in [1.29, 1.82) is 0 Å². The second kappa shape index (κ2) is 8.41. The Hall–Kier alpha value is -1.71. The van der Waals surface area contributed by atoms with E-state index in [1.165, 1.54) is 37.8 Å². The van der Waals surface area contributed by atoms with Crippen LogP contribution in [0.25, 0.3) is 0 Å². The monoisotopic (exact) mass is 357 g/mol. The Morgan fingerprint density at radius 1 is 1.21 bits per heavy atom. The highest BCUT2D eigenvalue weighted by atomic mass is 32.2. The molecule has 0 aliphatic heterocycles. The molecule has 1 aliphatic rings. The predicted octanol–water partition coefficient (Wildman–Crippen LogP) is 2.39. The molecule has 3 N–H and O–H groups in total. The minimum atomic E-state index is -4.01. The summed E-state index contributed by atoms with van der Waals surface area (Å²) in [6.45, 7) is 0.889. The average Bonchev–Trinajstić information content (AvgIpc) is 2.79. The van der Waals surface area contributed by atoms with Crippen LogP contribution in [0.5, 0.6) is 0 Å². The lowest BCUT2D eigenvalue weighted by Gasteiger charge is -2.16. The van der Waals surface area contributed by atoms with Crippen molar-refractivity contribution in [2.75, 3.05) is 18.5 Å². The van der Waals surface area contributed by atoms with E-state index in [9.17, 15) is 18.5 Å². The summed E-state index contributed by atoms with van der Waals surface area (Å²) in [5.41, 5.74) is 0.00593. The fourth-order valence-corrected chi connectivity index (χ4v) is 3.36. The second-order valence-electron chi connectivity index (χ2n) is 5.93. The fraction of sp³-hybridized carbons (Fsp3) is 0.600. The first-order valence-electron chi connectivity index (χ1n) is 8.04. The van der Waals surface area contributed by atoms with Gasteiger partial charge in [-0.15, -0.1) is 0 Å². The van der Waals surface area contributed by atoms with E-state index in [1.54, 1.807) is 0 Å². The van der Waals surface area contributed by atoms with Gasteiger partial charge in [0.1, 0.15) is 0 Å². The van der Waals surface area contributed by atoms with Gasteiger partial charge in [-0.25, -0.2) is 13.6 Å². The number of benzene rings is 1. The van der Waals surface area contributed by atoms with Gasteiger partial charge < -0.3 is 10.1 Å². The van der Waals surface area contributed by atoms with Crippen molar-refractivity contribution in [3.05, 3.63) is 28.3 Å². The number of hydrogen-bond donors (Lipinski definition) is 2. The van der Waals surface area contributed by atoms with Crippen molar-refractivity contribution in [3.63, 3.8) is 0 Å². The van der Waals surface area contributed by atoms with Gasteiger partial charge in [-0.3, -0.25) is 10.1 Å². The van der Waals surface area contributed by atoms with Gasteiger partial charge in [-0.1, -0.05) is 25.7 Å². The number of ether oxygens (including phenoxy) is 1. The molecule has 24 heavy (non-hydrogen) atoms. The molecule has 1 aromatic carbocycles. The number of primary sulfonamides is 1. The van der Waals surface area contributed by atoms with E-state index >= 15 is 0 Å².